The third-order valence-electron chi connectivity index (χ3n) is 8.02. The quantitative estimate of drug-likeness (QED) is 0.0667. The van der Waals surface area contributed by atoms with Gasteiger partial charge in [-0.25, -0.2) is 0 Å². The normalized spacial score (nSPS) is 23.2. The van der Waals surface area contributed by atoms with Crippen molar-refractivity contribution in [1.29, 1.82) is 0 Å². The molecule has 0 spiro atoms. The van der Waals surface area contributed by atoms with Crippen LogP contribution in [-0.2, 0) is 23.7 Å². The van der Waals surface area contributed by atoms with E-state index >= 15 is 0 Å². The number of ether oxygens (including phenoxy) is 4. The SMILES string of the molecule is CCCCCCCCCCCCCCC(=O)OC(COCCCCCCCCC)COC1OC(CO)C(O)C(O)C1O. The second-order valence-electron chi connectivity index (χ2n) is 12.0. The Morgan fingerprint density at radius 3 is 1.69 bits per heavy atom. The van der Waals surface area contributed by atoms with Gasteiger partial charge in [-0.05, 0) is 12.8 Å². The Morgan fingerprint density at radius 2 is 1.17 bits per heavy atom. The van der Waals surface area contributed by atoms with Gasteiger partial charge in [0.2, 0.25) is 0 Å². The summed E-state index contributed by atoms with van der Waals surface area (Å²) in [7, 11) is 0. The number of esters is 1. The molecule has 0 aromatic rings. The Bertz CT molecular complexity index is 618. The molecule has 0 radical (unpaired) electrons. The highest BCUT2D eigenvalue weighted by Gasteiger charge is 2.44. The summed E-state index contributed by atoms with van der Waals surface area (Å²) in [6.45, 7) is 4.51. The van der Waals surface area contributed by atoms with Gasteiger partial charge < -0.3 is 39.4 Å². The van der Waals surface area contributed by atoms with E-state index in [9.17, 15) is 25.2 Å². The lowest BCUT2D eigenvalue weighted by atomic mass is 9.99. The molecule has 1 aliphatic heterocycles. The van der Waals surface area contributed by atoms with Gasteiger partial charge in [0.25, 0.3) is 0 Å². The fourth-order valence-corrected chi connectivity index (χ4v) is 5.25. The van der Waals surface area contributed by atoms with Crippen molar-refractivity contribution in [2.24, 2.45) is 0 Å². The Morgan fingerprint density at radius 1 is 0.667 bits per heavy atom. The molecule has 6 atom stereocenters. The van der Waals surface area contributed by atoms with Crippen molar-refractivity contribution in [3.05, 3.63) is 0 Å². The molecule has 0 saturated carbocycles. The molecule has 9 heteroatoms. The molecule has 0 aliphatic carbocycles. The summed E-state index contributed by atoms with van der Waals surface area (Å²) in [4.78, 5) is 12.6. The molecular weight excluding hydrogens is 540 g/mol. The molecule has 1 aliphatic rings. The lowest BCUT2D eigenvalue weighted by Crippen LogP contribution is -2.59. The summed E-state index contributed by atoms with van der Waals surface area (Å²) in [5.74, 6) is -0.316. The number of hydrogen-bond acceptors (Lipinski definition) is 9. The minimum atomic E-state index is -1.53. The number of hydrogen-bond donors (Lipinski definition) is 4. The van der Waals surface area contributed by atoms with Crippen LogP contribution in [0.3, 0.4) is 0 Å². The number of carbonyl (C=O) groups excluding carboxylic acids is 1. The van der Waals surface area contributed by atoms with Gasteiger partial charge in [-0.3, -0.25) is 4.79 Å². The van der Waals surface area contributed by atoms with E-state index in [1.807, 2.05) is 0 Å². The minimum absolute atomic E-state index is 0.107. The molecule has 6 unspecified atom stereocenters. The predicted molar refractivity (Wildman–Crippen MR) is 164 cm³/mol. The average molecular weight is 605 g/mol. The second-order valence-corrected chi connectivity index (χ2v) is 12.0. The summed E-state index contributed by atoms with van der Waals surface area (Å²) < 4.78 is 22.5. The zero-order chi connectivity index (χ0) is 30.8. The Labute approximate surface area is 255 Å². The lowest BCUT2D eigenvalue weighted by molar-refractivity contribution is -0.305. The van der Waals surface area contributed by atoms with Crippen molar-refractivity contribution in [3.63, 3.8) is 0 Å². The maximum atomic E-state index is 12.6. The van der Waals surface area contributed by atoms with Gasteiger partial charge in [-0.2, -0.15) is 0 Å². The molecule has 1 rings (SSSR count). The predicted octanol–water partition coefficient (Wildman–Crippen LogP) is 5.57. The van der Waals surface area contributed by atoms with Gasteiger partial charge in [0, 0.05) is 13.0 Å². The number of aliphatic hydroxyl groups excluding tert-OH is 4. The van der Waals surface area contributed by atoms with E-state index in [1.165, 1.54) is 89.9 Å². The second kappa shape index (κ2) is 26.6. The van der Waals surface area contributed by atoms with Crippen LogP contribution in [0.25, 0.3) is 0 Å². The zero-order valence-electron chi connectivity index (χ0n) is 26.8. The molecule has 250 valence electrons. The van der Waals surface area contributed by atoms with Gasteiger partial charge in [0.1, 0.15) is 30.5 Å². The first kappa shape index (κ1) is 39.2. The van der Waals surface area contributed by atoms with Crippen molar-refractivity contribution in [2.75, 3.05) is 26.4 Å². The van der Waals surface area contributed by atoms with Crippen molar-refractivity contribution >= 4 is 5.97 Å². The molecular formula is C33H64O9. The zero-order valence-corrected chi connectivity index (χ0v) is 26.8. The highest BCUT2D eigenvalue weighted by Crippen LogP contribution is 2.22. The van der Waals surface area contributed by atoms with Crippen LogP contribution < -0.4 is 0 Å². The van der Waals surface area contributed by atoms with Gasteiger partial charge >= 0.3 is 5.97 Å². The van der Waals surface area contributed by atoms with Crippen molar-refractivity contribution in [2.45, 2.75) is 179 Å². The molecule has 0 aromatic carbocycles. The first-order chi connectivity index (χ1) is 20.4. The van der Waals surface area contributed by atoms with Crippen LogP contribution in [0, 0.1) is 0 Å². The highest BCUT2D eigenvalue weighted by atomic mass is 16.7. The summed E-state index contributed by atoms with van der Waals surface area (Å²) in [6.07, 6.45) is 15.7. The summed E-state index contributed by atoms with van der Waals surface area (Å²) in [5, 5.41) is 39.7. The summed E-state index contributed by atoms with van der Waals surface area (Å²) >= 11 is 0. The number of rotatable bonds is 28. The topological polar surface area (TPSA) is 135 Å². The highest BCUT2D eigenvalue weighted by molar-refractivity contribution is 5.69. The smallest absolute Gasteiger partial charge is 0.306 e. The molecule has 0 bridgehead atoms. The van der Waals surface area contributed by atoms with Gasteiger partial charge in [0.15, 0.2) is 6.29 Å². The molecule has 1 fully saturated rings. The maximum Gasteiger partial charge on any atom is 0.306 e. The van der Waals surface area contributed by atoms with Crippen LogP contribution in [0.15, 0.2) is 0 Å². The van der Waals surface area contributed by atoms with Crippen LogP contribution in [0.4, 0.5) is 0 Å². The fraction of sp³-hybridized carbons (Fsp3) is 0.970. The molecule has 0 aromatic heterocycles. The molecule has 1 heterocycles. The van der Waals surface area contributed by atoms with E-state index in [0.717, 1.165) is 32.1 Å². The van der Waals surface area contributed by atoms with Crippen LogP contribution in [0.5, 0.6) is 0 Å². The first-order valence-electron chi connectivity index (χ1n) is 17.1. The van der Waals surface area contributed by atoms with Gasteiger partial charge in [-0.1, -0.05) is 123 Å². The summed E-state index contributed by atoms with van der Waals surface area (Å²) in [6, 6.07) is 0. The third kappa shape index (κ3) is 18.8. The molecule has 42 heavy (non-hydrogen) atoms. The van der Waals surface area contributed by atoms with Crippen molar-refractivity contribution in [3.8, 4) is 0 Å². The van der Waals surface area contributed by atoms with Gasteiger partial charge in [-0.15, -0.1) is 0 Å². The lowest BCUT2D eigenvalue weighted by Gasteiger charge is -2.39. The van der Waals surface area contributed by atoms with E-state index in [4.69, 9.17) is 18.9 Å². The monoisotopic (exact) mass is 604 g/mol. The number of aliphatic hydroxyl groups is 4. The molecule has 0 amide bonds. The van der Waals surface area contributed by atoms with E-state index in [1.54, 1.807) is 0 Å². The van der Waals surface area contributed by atoms with Gasteiger partial charge in [0.05, 0.1) is 19.8 Å². The standard InChI is InChI=1S/C33H64O9/c1-3-5-7-9-11-12-13-14-15-16-18-20-22-29(35)41-27(25-39-23-21-19-17-10-8-6-4-2)26-40-33-32(38)31(37)30(36)28(24-34)42-33/h27-28,30-34,36-38H,3-26H2,1-2H3. The van der Waals surface area contributed by atoms with Crippen LogP contribution in [-0.4, -0.2) is 89.6 Å². The fourth-order valence-electron chi connectivity index (χ4n) is 5.25. The number of unbranched alkanes of at least 4 members (excludes halogenated alkanes) is 17. The first-order valence-corrected chi connectivity index (χ1v) is 17.1. The molecule has 9 nitrogen and oxygen atoms in total. The van der Waals surface area contributed by atoms with E-state index in [-0.39, 0.29) is 19.2 Å². The van der Waals surface area contributed by atoms with Crippen LogP contribution in [0.2, 0.25) is 0 Å². The van der Waals surface area contributed by atoms with E-state index in [0.29, 0.717) is 13.0 Å². The minimum Gasteiger partial charge on any atom is -0.457 e. The molecule has 1 saturated heterocycles. The van der Waals surface area contributed by atoms with E-state index in [2.05, 4.69) is 13.8 Å². The average Bonchev–Trinajstić information content (AvgIpc) is 2.99. The third-order valence-corrected chi connectivity index (χ3v) is 8.02. The van der Waals surface area contributed by atoms with Crippen molar-refractivity contribution < 1.29 is 44.2 Å². The maximum absolute atomic E-state index is 12.6. The van der Waals surface area contributed by atoms with Crippen LogP contribution in [0.1, 0.15) is 142 Å². The van der Waals surface area contributed by atoms with E-state index < -0.39 is 43.4 Å². The number of carbonyl (C=O) groups is 1. The molecule has 4 N–H and O–H groups in total. The Kier molecular flexibility index (Phi) is 24.8. The van der Waals surface area contributed by atoms with Crippen LogP contribution >= 0.6 is 0 Å². The summed E-state index contributed by atoms with van der Waals surface area (Å²) in [5.41, 5.74) is 0. The Hall–Kier alpha value is -0.810. The largest absolute Gasteiger partial charge is 0.457 e. The van der Waals surface area contributed by atoms with Crippen molar-refractivity contribution in [1.82, 2.24) is 0 Å². The Balaban J connectivity index is 2.36.